The van der Waals surface area contributed by atoms with Crippen LogP contribution in [-0.4, -0.2) is 22.6 Å². The molecule has 2 aromatic rings. The Kier molecular flexibility index (Phi) is 5.15. The first kappa shape index (κ1) is 16.0. The molecule has 4 nitrogen and oxygen atoms in total. The van der Waals surface area contributed by atoms with E-state index in [0.717, 1.165) is 5.56 Å². The Morgan fingerprint density at radius 3 is 2.41 bits per heavy atom. The lowest BCUT2D eigenvalue weighted by Crippen LogP contribution is -2.38. The van der Waals surface area contributed by atoms with Crippen LogP contribution in [0.15, 0.2) is 54.7 Å². The van der Waals surface area contributed by atoms with E-state index in [1.54, 1.807) is 6.20 Å². The molecule has 116 valence electrons. The summed E-state index contributed by atoms with van der Waals surface area (Å²) in [4.78, 5) is 16.7. The van der Waals surface area contributed by atoms with Crippen LogP contribution in [0, 0.1) is 0 Å². The molecular weight excluding hydrogens is 276 g/mol. The highest BCUT2D eigenvalue weighted by atomic mass is 16.6. The van der Waals surface area contributed by atoms with E-state index in [1.165, 1.54) is 0 Å². The summed E-state index contributed by atoms with van der Waals surface area (Å²) in [6, 6.07) is 14.9. The minimum absolute atomic E-state index is 0.276. The molecule has 0 aliphatic rings. The standard InChI is InChI=1S/C18H22N2O2/c1-18(2,3)22-17(21)15(13-14-9-5-4-6-10-14)20-16-11-7-8-12-19-16/h4-12,15H,13H2,1-3H3,(H,19,20)/t15-/m1/s1. The monoisotopic (exact) mass is 298 g/mol. The highest BCUT2D eigenvalue weighted by Crippen LogP contribution is 2.14. The summed E-state index contributed by atoms with van der Waals surface area (Å²) >= 11 is 0. The van der Waals surface area contributed by atoms with Gasteiger partial charge in [-0.05, 0) is 38.5 Å². The fourth-order valence-electron chi connectivity index (χ4n) is 2.04. The van der Waals surface area contributed by atoms with Crippen molar-refractivity contribution in [2.24, 2.45) is 0 Å². The van der Waals surface area contributed by atoms with Crippen molar-refractivity contribution in [3.05, 3.63) is 60.3 Å². The molecule has 1 N–H and O–H groups in total. The number of hydrogen-bond acceptors (Lipinski definition) is 4. The van der Waals surface area contributed by atoms with Gasteiger partial charge in [0.25, 0.3) is 0 Å². The summed E-state index contributed by atoms with van der Waals surface area (Å²) in [5.41, 5.74) is 0.555. The Balaban J connectivity index is 2.14. The number of carbonyl (C=O) groups is 1. The van der Waals surface area contributed by atoms with Gasteiger partial charge in [-0.3, -0.25) is 0 Å². The van der Waals surface area contributed by atoms with Gasteiger partial charge in [0.15, 0.2) is 0 Å². The lowest BCUT2D eigenvalue weighted by molar-refractivity contribution is -0.155. The minimum Gasteiger partial charge on any atom is -0.458 e. The molecule has 1 heterocycles. The van der Waals surface area contributed by atoms with Crippen molar-refractivity contribution in [1.29, 1.82) is 0 Å². The van der Waals surface area contributed by atoms with E-state index in [1.807, 2.05) is 69.3 Å². The average molecular weight is 298 g/mol. The molecule has 0 fully saturated rings. The number of esters is 1. The second kappa shape index (κ2) is 7.07. The zero-order chi connectivity index (χ0) is 16.0. The normalized spacial score (nSPS) is 12.5. The van der Waals surface area contributed by atoms with E-state index in [0.29, 0.717) is 12.2 Å². The fourth-order valence-corrected chi connectivity index (χ4v) is 2.04. The van der Waals surface area contributed by atoms with Crippen LogP contribution in [0.1, 0.15) is 26.3 Å². The van der Waals surface area contributed by atoms with Crippen LogP contribution in [0.5, 0.6) is 0 Å². The van der Waals surface area contributed by atoms with Crippen LogP contribution >= 0.6 is 0 Å². The maximum Gasteiger partial charge on any atom is 0.329 e. The van der Waals surface area contributed by atoms with E-state index < -0.39 is 11.6 Å². The first-order valence-corrected chi connectivity index (χ1v) is 7.38. The number of anilines is 1. The highest BCUT2D eigenvalue weighted by Gasteiger charge is 2.25. The third kappa shape index (κ3) is 5.20. The molecule has 0 aliphatic heterocycles. The molecule has 0 spiro atoms. The predicted molar refractivity (Wildman–Crippen MR) is 87.6 cm³/mol. The molecule has 1 aromatic heterocycles. The molecule has 1 aromatic carbocycles. The third-order valence-electron chi connectivity index (χ3n) is 2.96. The Morgan fingerprint density at radius 2 is 1.82 bits per heavy atom. The van der Waals surface area contributed by atoms with E-state index in [4.69, 9.17) is 4.74 Å². The molecule has 0 saturated heterocycles. The molecule has 0 radical (unpaired) electrons. The van der Waals surface area contributed by atoms with Crippen LogP contribution < -0.4 is 5.32 Å². The molecule has 0 saturated carbocycles. The molecule has 0 aliphatic carbocycles. The zero-order valence-corrected chi connectivity index (χ0v) is 13.2. The smallest absolute Gasteiger partial charge is 0.329 e. The summed E-state index contributed by atoms with van der Waals surface area (Å²) < 4.78 is 5.52. The number of aromatic nitrogens is 1. The largest absolute Gasteiger partial charge is 0.458 e. The van der Waals surface area contributed by atoms with Crippen molar-refractivity contribution in [3.8, 4) is 0 Å². The van der Waals surface area contributed by atoms with Gasteiger partial charge in [-0.25, -0.2) is 9.78 Å². The Bertz CT molecular complexity index is 550. The first-order valence-electron chi connectivity index (χ1n) is 7.38. The summed E-state index contributed by atoms with van der Waals surface area (Å²) in [5, 5.41) is 3.16. The van der Waals surface area contributed by atoms with Gasteiger partial charge in [0, 0.05) is 12.6 Å². The van der Waals surface area contributed by atoms with Crippen molar-refractivity contribution in [3.63, 3.8) is 0 Å². The van der Waals surface area contributed by atoms with E-state index in [2.05, 4.69) is 10.3 Å². The number of hydrogen-bond donors (Lipinski definition) is 1. The molecule has 1 atom stereocenters. The topological polar surface area (TPSA) is 51.2 Å². The fraction of sp³-hybridized carbons (Fsp3) is 0.333. The van der Waals surface area contributed by atoms with E-state index in [9.17, 15) is 4.79 Å². The van der Waals surface area contributed by atoms with Crippen LogP contribution in [0.25, 0.3) is 0 Å². The summed E-state index contributed by atoms with van der Waals surface area (Å²) in [6.45, 7) is 5.60. The molecular formula is C18H22N2O2. The number of carbonyl (C=O) groups excluding carboxylic acids is 1. The Hall–Kier alpha value is -2.36. The van der Waals surface area contributed by atoms with Gasteiger partial charge in [0.1, 0.15) is 17.5 Å². The van der Waals surface area contributed by atoms with Crippen LogP contribution in [0.2, 0.25) is 0 Å². The van der Waals surface area contributed by atoms with Gasteiger partial charge in [-0.2, -0.15) is 0 Å². The van der Waals surface area contributed by atoms with Gasteiger partial charge in [0.2, 0.25) is 0 Å². The average Bonchev–Trinajstić information content (AvgIpc) is 2.47. The number of benzene rings is 1. The third-order valence-corrected chi connectivity index (χ3v) is 2.96. The van der Waals surface area contributed by atoms with Crippen LogP contribution in [0.3, 0.4) is 0 Å². The molecule has 2 rings (SSSR count). The lowest BCUT2D eigenvalue weighted by atomic mass is 10.1. The maximum atomic E-state index is 12.5. The van der Waals surface area contributed by atoms with Gasteiger partial charge in [-0.1, -0.05) is 36.4 Å². The molecule has 0 bridgehead atoms. The van der Waals surface area contributed by atoms with Crippen LogP contribution in [-0.2, 0) is 16.0 Å². The number of nitrogens with one attached hydrogen (secondary N) is 1. The van der Waals surface area contributed by atoms with E-state index in [-0.39, 0.29) is 5.97 Å². The van der Waals surface area contributed by atoms with E-state index >= 15 is 0 Å². The second-order valence-corrected chi connectivity index (χ2v) is 6.14. The number of ether oxygens (including phenoxy) is 1. The minimum atomic E-state index is -0.516. The summed E-state index contributed by atoms with van der Waals surface area (Å²) in [6.07, 6.45) is 2.24. The molecule has 4 heteroatoms. The summed E-state index contributed by atoms with van der Waals surface area (Å²) in [7, 11) is 0. The number of nitrogens with zero attached hydrogens (tertiary/aromatic N) is 1. The molecule has 0 amide bonds. The van der Waals surface area contributed by atoms with Gasteiger partial charge in [-0.15, -0.1) is 0 Å². The van der Waals surface area contributed by atoms with Gasteiger partial charge in [0.05, 0.1) is 0 Å². The number of rotatable bonds is 5. The SMILES string of the molecule is CC(C)(C)OC(=O)[C@@H](Cc1ccccc1)Nc1ccccn1. The predicted octanol–water partition coefficient (Wildman–Crippen LogP) is 3.45. The van der Waals surface area contributed by atoms with Gasteiger partial charge < -0.3 is 10.1 Å². The molecule has 22 heavy (non-hydrogen) atoms. The number of pyridine rings is 1. The maximum absolute atomic E-state index is 12.5. The first-order chi connectivity index (χ1) is 10.4. The van der Waals surface area contributed by atoms with Crippen molar-refractivity contribution < 1.29 is 9.53 Å². The summed E-state index contributed by atoms with van der Waals surface area (Å²) in [5.74, 6) is 0.385. The molecule has 0 unspecified atom stereocenters. The Morgan fingerprint density at radius 1 is 1.14 bits per heavy atom. The lowest BCUT2D eigenvalue weighted by Gasteiger charge is -2.25. The van der Waals surface area contributed by atoms with Crippen molar-refractivity contribution in [1.82, 2.24) is 4.98 Å². The quantitative estimate of drug-likeness (QED) is 0.859. The van der Waals surface area contributed by atoms with Crippen molar-refractivity contribution in [2.45, 2.75) is 38.8 Å². The van der Waals surface area contributed by atoms with Gasteiger partial charge >= 0.3 is 5.97 Å². The van der Waals surface area contributed by atoms with Crippen molar-refractivity contribution >= 4 is 11.8 Å². The van der Waals surface area contributed by atoms with Crippen LogP contribution in [0.4, 0.5) is 5.82 Å². The van der Waals surface area contributed by atoms with Crippen molar-refractivity contribution in [2.75, 3.05) is 5.32 Å². The second-order valence-electron chi connectivity index (χ2n) is 6.14. The Labute approximate surface area is 131 Å². The highest BCUT2D eigenvalue weighted by molar-refractivity contribution is 5.79. The zero-order valence-electron chi connectivity index (χ0n) is 13.2.